The number of hydrogen-bond acceptors (Lipinski definition) is 5. The first-order valence-electron chi connectivity index (χ1n) is 7.63. The Hall–Kier alpha value is -2.81. The summed E-state index contributed by atoms with van der Waals surface area (Å²) in [5, 5.41) is 4.16. The minimum Gasteiger partial charge on any atom is -0.495 e. The summed E-state index contributed by atoms with van der Waals surface area (Å²) in [4.78, 5) is 12.3. The standard InChI is InChI=1S/C16H18N4O4S/c1-4-20-16(21)14-9-12(10-19(14)11(2)17-20)25(22,23)18-13-7-5-6-8-15(13)24-3/h5-10,18H,4H2,1-3H3. The van der Waals surface area contributed by atoms with Crippen LogP contribution in [0.25, 0.3) is 5.52 Å². The molecule has 132 valence electrons. The lowest BCUT2D eigenvalue weighted by atomic mass is 10.3. The van der Waals surface area contributed by atoms with Crippen LogP contribution < -0.4 is 15.0 Å². The first-order chi connectivity index (χ1) is 11.9. The second-order valence-electron chi connectivity index (χ2n) is 5.40. The molecule has 25 heavy (non-hydrogen) atoms. The SMILES string of the molecule is CCn1nc(C)n2cc(S(=O)(=O)Nc3ccccc3OC)cc2c1=O. The van der Waals surface area contributed by atoms with Crippen LogP contribution in [0.15, 0.2) is 46.2 Å². The molecule has 0 saturated heterocycles. The monoisotopic (exact) mass is 362 g/mol. The summed E-state index contributed by atoms with van der Waals surface area (Å²) in [6, 6.07) is 8.04. The van der Waals surface area contributed by atoms with Crippen molar-refractivity contribution in [2.45, 2.75) is 25.3 Å². The van der Waals surface area contributed by atoms with Crippen LogP contribution in [0.4, 0.5) is 5.69 Å². The van der Waals surface area contributed by atoms with Gasteiger partial charge in [0.25, 0.3) is 15.6 Å². The van der Waals surface area contributed by atoms with Crippen molar-refractivity contribution in [3.8, 4) is 5.75 Å². The normalized spacial score (nSPS) is 11.6. The topological polar surface area (TPSA) is 94.7 Å². The van der Waals surface area contributed by atoms with Crippen molar-refractivity contribution in [3.63, 3.8) is 0 Å². The molecule has 0 spiro atoms. The Labute approximate surface area is 144 Å². The lowest BCUT2D eigenvalue weighted by Gasteiger charge is -2.10. The number of aromatic nitrogens is 3. The summed E-state index contributed by atoms with van der Waals surface area (Å²) in [6.45, 7) is 3.92. The third-order valence-electron chi connectivity index (χ3n) is 3.82. The van der Waals surface area contributed by atoms with Gasteiger partial charge in [0.2, 0.25) is 0 Å². The summed E-state index contributed by atoms with van der Waals surface area (Å²) in [5.74, 6) is 0.927. The molecule has 0 bridgehead atoms. The van der Waals surface area contributed by atoms with E-state index in [4.69, 9.17) is 4.74 Å². The molecule has 2 heterocycles. The molecular formula is C16H18N4O4S. The molecule has 0 aliphatic rings. The summed E-state index contributed by atoms with van der Waals surface area (Å²) >= 11 is 0. The van der Waals surface area contributed by atoms with E-state index in [1.54, 1.807) is 38.1 Å². The number of nitrogens with one attached hydrogen (secondary N) is 1. The van der Waals surface area contributed by atoms with E-state index in [0.29, 0.717) is 23.8 Å². The van der Waals surface area contributed by atoms with E-state index < -0.39 is 10.0 Å². The van der Waals surface area contributed by atoms with Crippen molar-refractivity contribution in [2.24, 2.45) is 0 Å². The molecule has 0 unspecified atom stereocenters. The van der Waals surface area contributed by atoms with Crippen molar-refractivity contribution in [1.29, 1.82) is 0 Å². The number of benzene rings is 1. The first kappa shape index (κ1) is 17.0. The highest BCUT2D eigenvalue weighted by atomic mass is 32.2. The fourth-order valence-corrected chi connectivity index (χ4v) is 3.65. The fraction of sp³-hybridized carbons (Fsp3) is 0.250. The van der Waals surface area contributed by atoms with Gasteiger partial charge >= 0.3 is 0 Å². The van der Waals surface area contributed by atoms with Gasteiger partial charge in [0.1, 0.15) is 22.0 Å². The Kier molecular flexibility index (Phi) is 4.25. The van der Waals surface area contributed by atoms with Crippen LogP contribution in [-0.2, 0) is 16.6 Å². The maximum Gasteiger partial charge on any atom is 0.291 e. The number of para-hydroxylation sites is 2. The van der Waals surface area contributed by atoms with Crippen molar-refractivity contribution >= 4 is 21.2 Å². The highest BCUT2D eigenvalue weighted by molar-refractivity contribution is 7.92. The Morgan fingerprint density at radius 3 is 2.68 bits per heavy atom. The Balaban J connectivity index is 2.10. The lowest BCUT2D eigenvalue weighted by Crippen LogP contribution is -2.25. The quantitative estimate of drug-likeness (QED) is 0.744. The van der Waals surface area contributed by atoms with Gasteiger partial charge in [0, 0.05) is 12.7 Å². The van der Waals surface area contributed by atoms with Crippen LogP contribution in [0.2, 0.25) is 0 Å². The average Bonchev–Trinajstić information content (AvgIpc) is 3.05. The number of methoxy groups -OCH3 is 1. The molecule has 0 radical (unpaired) electrons. The minimum absolute atomic E-state index is 0.0192. The minimum atomic E-state index is -3.89. The zero-order valence-corrected chi connectivity index (χ0v) is 14.9. The van der Waals surface area contributed by atoms with Crippen LogP contribution in [-0.4, -0.2) is 29.7 Å². The van der Waals surface area contributed by atoms with Gasteiger partial charge in [-0.1, -0.05) is 12.1 Å². The number of sulfonamides is 1. The van der Waals surface area contributed by atoms with E-state index in [0.717, 1.165) is 0 Å². The smallest absolute Gasteiger partial charge is 0.291 e. The number of ether oxygens (including phenoxy) is 1. The molecule has 0 aliphatic heterocycles. The van der Waals surface area contributed by atoms with Crippen molar-refractivity contribution in [3.05, 3.63) is 52.7 Å². The highest BCUT2D eigenvalue weighted by Gasteiger charge is 2.20. The first-order valence-corrected chi connectivity index (χ1v) is 9.11. The summed E-state index contributed by atoms with van der Waals surface area (Å²) in [5.41, 5.74) is 0.239. The highest BCUT2D eigenvalue weighted by Crippen LogP contribution is 2.26. The number of nitrogens with zero attached hydrogens (tertiary/aromatic N) is 3. The molecule has 1 N–H and O–H groups in total. The van der Waals surface area contributed by atoms with Gasteiger partial charge in [-0.3, -0.25) is 13.9 Å². The molecule has 0 aliphatic carbocycles. The molecule has 9 heteroatoms. The average molecular weight is 362 g/mol. The molecule has 3 aromatic rings. The predicted octanol–water partition coefficient (Wildman–Crippen LogP) is 1.63. The molecule has 0 fully saturated rings. The Morgan fingerprint density at radius 1 is 1.28 bits per heavy atom. The van der Waals surface area contributed by atoms with Crippen LogP contribution in [0.3, 0.4) is 0 Å². The zero-order chi connectivity index (χ0) is 18.2. The van der Waals surface area contributed by atoms with Gasteiger partial charge in [-0.25, -0.2) is 13.1 Å². The van der Waals surface area contributed by atoms with E-state index in [1.165, 1.54) is 28.5 Å². The molecule has 2 aromatic heterocycles. The molecule has 0 atom stereocenters. The molecule has 8 nitrogen and oxygen atoms in total. The van der Waals surface area contributed by atoms with E-state index in [2.05, 4.69) is 9.82 Å². The molecule has 0 saturated carbocycles. The number of rotatable bonds is 5. The number of fused-ring (bicyclic) bond motifs is 1. The summed E-state index contributed by atoms with van der Waals surface area (Å²) in [7, 11) is -2.43. The van der Waals surface area contributed by atoms with Gasteiger partial charge in [0.15, 0.2) is 0 Å². The van der Waals surface area contributed by atoms with Gasteiger partial charge < -0.3 is 4.74 Å². The maximum absolute atomic E-state index is 12.7. The third kappa shape index (κ3) is 2.98. The number of aryl methyl sites for hydroxylation is 2. The van der Waals surface area contributed by atoms with Crippen molar-refractivity contribution in [1.82, 2.24) is 14.2 Å². The fourth-order valence-electron chi connectivity index (χ4n) is 2.57. The van der Waals surface area contributed by atoms with Crippen LogP contribution in [0.1, 0.15) is 12.7 Å². The van der Waals surface area contributed by atoms with Gasteiger partial charge in [-0.2, -0.15) is 5.10 Å². The zero-order valence-electron chi connectivity index (χ0n) is 14.1. The molecular weight excluding hydrogens is 344 g/mol. The molecule has 3 rings (SSSR count). The van der Waals surface area contributed by atoms with Crippen molar-refractivity contribution < 1.29 is 13.2 Å². The second-order valence-corrected chi connectivity index (χ2v) is 7.09. The maximum atomic E-state index is 12.7. The summed E-state index contributed by atoms with van der Waals surface area (Å²) in [6.07, 6.45) is 1.39. The predicted molar refractivity (Wildman–Crippen MR) is 93.7 cm³/mol. The van der Waals surface area contributed by atoms with Crippen molar-refractivity contribution in [2.75, 3.05) is 11.8 Å². The van der Waals surface area contributed by atoms with Crippen LogP contribution in [0.5, 0.6) is 5.75 Å². The van der Waals surface area contributed by atoms with E-state index in [1.807, 2.05) is 0 Å². The van der Waals surface area contributed by atoms with E-state index >= 15 is 0 Å². The van der Waals surface area contributed by atoms with Gasteiger partial charge in [0.05, 0.1) is 12.8 Å². The Bertz CT molecular complexity index is 1100. The van der Waals surface area contributed by atoms with Crippen LogP contribution >= 0.6 is 0 Å². The summed E-state index contributed by atoms with van der Waals surface area (Å²) < 4.78 is 35.8. The van der Waals surface area contributed by atoms with Crippen LogP contribution in [0, 0.1) is 6.92 Å². The second kappa shape index (κ2) is 6.25. The molecule has 0 amide bonds. The lowest BCUT2D eigenvalue weighted by molar-refractivity contribution is 0.417. The van der Waals surface area contributed by atoms with Gasteiger partial charge in [-0.15, -0.1) is 0 Å². The Morgan fingerprint density at radius 2 is 2.00 bits per heavy atom. The molecule has 1 aromatic carbocycles. The number of anilines is 1. The van der Waals surface area contributed by atoms with Gasteiger partial charge in [-0.05, 0) is 32.0 Å². The number of hydrogen-bond donors (Lipinski definition) is 1. The van der Waals surface area contributed by atoms with E-state index in [-0.39, 0.29) is 16.0 Å². The largest absolute Gasteiger partial charge is 0.495 e. The van der Waals surface area contributed by atoms with E-state index in [9.17, 15) is 13.2 Å². The third-order valence-corrected chi connectivity index (χ3v) is 5.16.